The molecule has 2 aromatic carbocycles. The second kappa shape index (κ2) is 8.59. The number of aryl methyl sites for hydroxylation is 1. The zero-order valence-electron chi connectivity index (χ0n) is 16.4. The van der Waals surface area contributed by atoms with Gasteiger partial charge in [0, 0.05) is 18.2 Å². The van der Waals surface area contributed by atoms with Crippen LogP contribution in [0.1, 0.15) is 28.4 Å². The second-order valence-corrected chi connectivity index (χ2v) is 7.83. The summed E-state index contributed by atoms with van der Waals surface area (Å²) in [6.07, 6.45) is 2.76. The number of carboxylic acids is 1. The molecule has 0 unspecified atom stereocenters. The van der Waals surface area contributed by atoms with Crippen molar-refractivity contribution in [2.45, 2.75) is 19.8 Å². The minimum atomic E-state index is -0.930. The maximum absolute atomic E-state index is 14.1. The quantitative estimate of drug-likeness (QED) is 0.417. The van der Waals surface area contributed by atoms with Crippen molar-refractivity contribution < 1.29 is 14.3 Å². The highest BCUT2D eigenvalue weighted by Crippen LogP contribution is 2.26. The lowest BCUT2D eigenvalue weighted by atomic mass is 10.0. The maximum atomic E-state index is 14.1. The predicted molar refractivity (Wildman–Crippen MR) is 118 cm³/mol. The van der Waals surface area contributed by atoms with Gasteiger partial charge in [-0.05, 0) is 59.0 Å². The number of aromatic nitrogens is 2. The monoisotopic (exact) mass is 421 g/mol. The molecular weight excluding hydrogens is 401 g/mol. The summed E-state index contributed by atoms with van der Waals surface area (Å²) in [7, 11) is 0. The maximum Gasteiger partial charge on any atom is 0.335 e. The molecule has 4 rings (SSSR count). The number of hydrogen-bond donors (Lipinski definition) is 2. The van der Waals surface area contributed by atoms with Crippen LogP contribution in [0.15, 0.2) is 54.2 Å². The number of anilines is 1. The highest BCUT2D eigenvalue weighted by atomic mass is 32.1. The third-order valence-corrected chi connectivity index (χ3v) is 5.90. The zero-order valence-corrected chi connectivity index (χ0v) is 17.2. The Bertz CT molecular complexity index is 1220. The summed E-state index contributed by atoms with van der Waals surface area (Å²) < 4.78 is 14.8. The summed E-state index contributed by atoms with van der Waals surface area (Å²) in [6, 6.07) is 12.6. The zero-order chi connectivity index (χ0) is 21.1. The van der Waals surface area contributed by atoms with E-state index in [2.05, 4.69) is 15.3 Å². The number of nitrogens with zero attached hydrogens (tertiary/aromatic N) is 2. The molecule has 30 heavy (non-hydrogen) atoms. The summed E-state index contributed by atoms with van der Waals surface area (Å²) in [5.41, 5.74) is 3.55. The van der Waals surface area contributed by atoms with E-state index in [1.54, 1.807) is 18.2 Å². The van der Waals surface area contributed by atoms with Crippen molar-refractivity contribution in [1.29, 1.82) is 0 Å². The van der Waals surface area contributed by atoms with Crippen LogP contribution in [0.4, 0.5) is 10.2 Å². The summed E-state index contributed by atoms with van der Waals surface area (Å²) in [6.45, 7) is 2.53. The summed E-state index contributed by atoms with van der Waals surface area (Å²) >= 11 is 1.41. The molecule has 0 fully saturated rings. The van der Waals surface area contributed by atoms with E-state index in [1.807, 2.05) is 36.6 Å². The number of rotatable bonds is 7. The van der Waals surface area contributed by atoms with Crippen LogP contribution in [-0.4, -0.2) is 27.6 Å². The van der Waals surface area contributed by atoms with Gasteiger partial charge in [0.1, 0.15) is 18.0 Å². The van der Waals surface area contributed by atoms with Crippen molar-refractivity contribution in [2.75, 3.05) is 11.9 Å². The van der Waals surface area contributed by atoms with Crippen molar-refractivity contribution in [3.63, 3.8) is 0 Å². The third-order valence-electron chi connectivity index (χ3n) is 4.96. The molecule has 2 N–H and O–H groups in total. The molecule has 2 aromatic heterocycles. The lowest BCUT2D eigenvalue weighted by Crippen LogP contribution is -2.07. The molecule has 0 bridgehead atoms. The number of benzene rings is 2. The standard InChI is InChI=1S/C23H20FN3O2S/c1-2-15-11-16(3-4-18(15)23(28)29)20-12-21(27-13-26-20)25-7-5-14-9-17-6-8-30-22(17)19(24)10-14/h3-4,6,8-13H,2,5,7H2,1H3,(H,28,29)(H,25,26,27). The molecule has 0 aliphatic heterocycles. The highest BCUT2D eigenvalue weighted by Gasteiger charge is 2.11. The topological polar surface area (TPSA) is 75.1 Å². The average molecular weight is 421 g/mol. The largest absolute Gasteiger partial charge is 0.478 e. The van der Waals surface area contributed by atoms with Gasteiger partial charge in [-0.3, -0.25) is 0 Å². The molecular formula is C23H20FN3O2S. The van der Waals surface area contributed by atoms with Gasteiger partial charge in [0.05, 0.1) is 16.0 Å². The molecule has 0 spiro atoms. The third kappa shape index (κ3) is 4.16. The summed E-state index contributed by atoms with van der Waals surface area (Å²) in [5.74, 6) is -0.448. The Kier molecular flexibility index (Phi) is 5.72. The van der Waals surface area contributed by atoms with Gasteiger partial charge in [-0.25, -0.2) is 19.2 Å². The number of hydrogen-bond acceptors (Lipinski definition) is 5. The Balaban J connectivity index is 1.47. The Morgan fingerprint density at radius 1 is 1.17 bits per heavy atom. The Hall–Kier alpha value is -3.32. The van der Waals surface area contributed by atoms with Gasteiger partial charge < -0.3 is 10.4 Å². The Labute approximate surface area is 177 Å². The number of aromatic carboxylic acids is 1. The van der Waals surface area contributed by atoms with Crippen LogP contribution in [-0.2, 0) is 12.8 Å². The van der Waals surface area contributed by atoms with Gasteiger partial charge >= 0.3 is 5.97 Å². The van der Waals surface area contributed by atoms with Gasteiger partial charge in [0.2, 0.25) is 0 Å². The molecule has 2 heterocycles. The van der Waals surface area contributed by atoms with E-state index in [1.165, 1.54) is 17.7 Å². The van der Waals surface area contributed by atoms with E-state index in [9.17, 15) is 14.3 Å². The fourth-order valence-corrected chi connectivity index (χ4v) is 4.23. The second-order valence-electron chi connectivity index (χ2n) is 6.91. The smallest absolute Gasteiger partial charge is 0.335 e. The SMILES string of the molecule is CCc1cc(-c2cc(NCCc3cc(F)c4sccc4c3)ncn2)ccc1C(=O)O. The van der Waals surface area contributed by atoms with E-state index < -0.39 is 5.97 Å². The highest BCUT2D eigenvalue weighted by molar-refractivity contribution is 7.17. The molecule has 0 amide bonds. The van der Waals surface area contributed by atoms with Crippen molar-refractivity contribution in [3.8, 4) is 11.3 Å². The minimum Gasteiger partial charge on any atom is -0.478 e. The van der Waals surface area contributed by atoms with Crippen molar-refractivity contribution in [1.82, 2.24) is 9.97 Å². The van der Waals surface area contributed by atoms with Gasteiger partial charge in [0.25, 0.3) is 0 Å². The van der Waals surface area contributed by atoms with Crippen molar-refractivity contribution >= 4 is 33.2 Å². The van der Waals surface area contributed by atoms with E-state index in [0.717, 1.165) is 22.1 Å². The first-order valence-corrected chi connectivity index (χ1v) is 10.5. The van der Waals surface area contributed by atoms with E-state index in [-0.39, 0.29) is 5.82 Å². The molecule has 152 valence electrons. The normalized spacial score (nSPS) is 11.0. The first-order valence-electron chi connectivity index (χ1n) is 9.63. The number of thiophene rings is 1. The number of fused-ring (bicyclic) bond motifs is 1. The van der Waals surface area contributed by atoms with Crippen LogP contribution in [0, 0.1) is 5.82 Å². The predicted octanol–water partition coefficient (Wildman–Crippen LogP) is 5.41. The lowest BCUT2D eigenvalue weighted by Gasteiger charge is -2.10. The Morgan fingerprint density at radius 2 is 2.03 bits per heavy atom. The lowest BCUT2D eigenvalue weighted by molar-refractivity contribution is 0.0695. The fourth-order valence-electron chi connectivity index (χ4n) is 3.44. The van der Waals surface area contributed by atoms with Crippen molar-refractivity contribution in [2.24, 2.45) is 0 Å². The molecule has 0 aliphatic rings. The number of nitrogens with one attached hydrogen (secondary N) is 1. The van der Waals surface area contributed by atoms with Crippen LogP contribution in [0.3, 0.4) is 0 Å². The fraction of sp³-hybridized carbons (Fsp3) is 0.174. The van der Waals surface area contributed by atoms with Crippen LogP contribution in [0.2, 0.25) is 0 Å². The van der Waals surface area contributed by atoms with Crippen LogP contribution < -0.4 is 5.32 Å². The Morgan fingerprint density at radius 3 is 2.83 bits per heavy atom. The van der Waals surface area contributed by atoms with Gasteiger partial charge in [0.15, 0.2) is 0 Å². The molecule has 7 heteroatoms. The molecule has 0 saturated carbocycles. The van der Waals surface area contributed by atoms with Gasteiger partial charge in [-0.1, -0.05) is 19.1 Å². The van der Waals surface area contributed by atoms with Crippen molar-refractivity contribution in [3.05, 3.63) is 76.7 Å². The number of carbonyl (C=O) groups is 1. The summed E-state index contributed by atoms with van der Waals surface area (Å²) in [5, 5.41) is 15.4. The minimum absolute atomic E-state index is 0.182. The number of halogens is 1. The van der Waals surface area contributed by atoms with Crippen LogP contribution >= 0.6 is 11.3 Å². The average Bonchev–Trinajstić information content (AvgIpc) is 3.23. The molecule has 0 aliphatic carbocycles. The first kappa shape index (κ1) is 20.0. The molecule has 0 atom stereocenters. The van der Waals surface area contributed by atoms with Gasteiger partial charge in [-0.2, -0.15) is 0 Å². The first-order chi connectivity index (χ1) is 14.5. The van der Waals surface area contributed by atoms with Crippen LogP contribution in [0.25, 0.3) is 21.3 Å². The summed E-state index contributed by atoms with van der Waals surface area (Å²) in [4.78, 5) is 19.9. The molecule has 5 nitrogen and oxygen atoms in total. The molecule has 0 saturated heterocycles. The molecule has 0 radical (unpaired) electrons. The van der Waals surface area contributed by atoms with E-state index >= 15 is 0 Å². The van der Waals surface area contributed by atoms with Gasteiger partial charge in [-0.15, -0.1) is 11.3 Å². The molecule has 4 aromatic rings. The van der Waals surface area contributed by atoms with Crippen LogP contribution in [0.5, 0.6) is 0 Å². The van der Waals surface area contributed by atoms with E-state index in [0.29, 0.717) is 41.2 Å². The number of carboxylic acid groups (broad SMARTS) is 1. The van der Waals surface area contributed by atoms with E-state index in [4.69, 9.17) is 0 Å².